The molecule has 16 heavy (non-hydrogen) atoms. The Morgan fingerprint density at radius 2 is 1.81 bits per heavy atom. The topological polar surface area (TPSA) is 66.8 Å². The highest BCUT2D eigenvalue weighted by molar-refractivity contribution is 5.69. The predicted octanol–water partition coefficient (Wildman–Crippen LogP) is 1.63. The van der Waals surface area contributed by atoms with E-state index in [1.165, 1.54) is 0 Å². The molecule has 0 amide bonds. The minimum Gasteiger partial charge on any atom is -0.466 e. The van der Waals surface area contributed by atoms with Crippen LogP contribution in [0.4, 0.5) is 0 Å². The molecule has 4 heteroatoms. The first kappa shape index (κ1) is 15.4. The lowest BCUT2D eigenvalue weighted by atomic mass is 10.1. The Morgan fingerprint density at radius 3 is 2.38 bits per heavy atom. The van der Waals surface area contributed by atoms with Crippen LogP contribution in [0.25, 0.3) is 0 Å². The first-order chi connectivity index (χ1) is 7.61. The van der Waals surface area contributed by atoms with Gasteiger partial charge in [0.05, 0.1) is 25.2 Å². The van der Waals surface area contributed by atoms with Crippen LogP contribution in [0.2, 0.25) is 0 Å². The van der Waals surface area contributed by atoms with Crippen molar-refractivity contribution < 1.29 is 19.7 Å². The fourth-order valence-electron chi connectivity index (χ4n) is 1.35. The zero-order valence-corrected chi connectivity index (χ0v) is 10.3. The van der Waals surface area contributed by atoms with Gasteiger partial charge in [-0.1, -0.05) is 33.1 Å². The molecule has 0 aromatic rings. The maximum atomic E-state index is 11.2. The van der Waals surface area contributed by atoms with Crippen LogP contribution in [-0.2, 0) is 9.53 Å². The fraction of sp³-hybridized carbons (Fsp3) is 0.917. The molecule has 0 bridgehead atoms. The summed E-state index contributed by atoms with van der Waals surface area (Å²) in [5.41, 5.74) is 0. The van der Waals surface area contributed by atoms with Crippen molar-refractivity contribution in [3.63, 3.8) is 0 Å². The molecular weight excluding hydrogens is 208 g/mol. The molecule has 0 heterocycles. The number of hydrogen-bond donors (Lipinski definition) is 2. The largest absolute Gasteiger partial charge is 0.466 e. The van der Waals surface area contributed by atoms with Crippen molar-refractivity contribution in [2.45, 2.75) is 64.6 Å². The van der Waals surface area contributed by atoms with Crippen molar-refractivity contribution in [3.8, 4) is 0 Å². The summed E-state index contributed by atoms with van der Waals surface area (Å²) in [5, 5.41) is 18.6. The van der Waals surface area contributed by atoms with Gasteiger partial charge in [0.2, 0.25) is 0 Å². The quantitative estimate of drug-likeness (QED) is 0.468. The maximum absolute atomic E-state index is 11.2. The Kier molecular flexibility index (Phi) is 9.24. The highest BCUT2D eigenvalue weighted by Crippen LogP contribution is 2.05. The third kappa shape index (κ3) is 7.65. The fourth-order valence-corrected chi connectivity index (χ4v) is 1.35. The van der Waals surface area contributed by atoms with E-state index >= 15 is 0 Å². The summed E-state index contributed by atoms with van der Waals surface area (Å²) in [6.07, 6.45) is 2.69. The molecule has 4 nitrogen and oxygen atoms in total. The summed E-state index contributed by atoms with van der Waals surface area (Å²) < 4.78 is 4.94. The highest BCUT2D eigenvalue weighted by atomic mass is 16.5. The van der Waals surface area contributed by atoms with Crippen molar-refractivity contribution in [1.29, 1.82) is 0 Å². The Bertz CT molecular complexity index is 182. The molecule has 0 saturated carbocycles. The van der Waals surface area contributed by atoms with Gasteiger partial charge in [0.25, 0.3) is 0 Å². The van der Waals surface area contributed by atoms with E-state index in [4.69, 9.17) is 4.74 Å². The lowest BCUT2D eigenvalue weighted by molar-refractivity contribution is -0.147. The smallest absolute Gasteiger partial charge is 0.308 e. The number of rotatable bonds is 9. The van der Waals surface area contributed by atoms with Gasteiger partial charge >= 0.3 is 5.97 Å². The standard InChI is InChI=1S/C12H24O4/c1-3-5-6-7-8-16-12(15)9-11(14)10(13)4-2/h10-11,13-14H,3-9H2,1-2H3. The summed E-state index contributed by atoms with van der Waals surface area (Å²) in [6, 6.07) is 0. The Hall–Kier alpha value is -0.610. The molecule has 0 rings (SSSR count). The molecule has 0 radical (unpaired) electrons. The number of aliphatic hydroxyl groups excluding tert-OH is 2. The number of aliphatic hydroxyl groups is 2. The van der Waals surface area contributed by atoms with E-state index in [1.54, 1.807) is 6.92 Å². The van der Waals surface area contributed by atoms with Gasteiger partial charge in [-0.15, -0.1) is 0 Å². The maximum Gasteiger partial charge on any atom is 0.308 e. The second-order valence-electron chi connectivity index (χ2n) is 4.03. The van der Waals surface area contributed by atoms with Crippen LogP contribution < -0.4 is 0 Å². The van der Waals surface area contributed by atoms with Crippen LogP contribution in [0, 0.1) is 0 Å². The van der Waals surface area contributed by atoms with Gasteiger partial charge in [0.15, 0.2) is 0 Å². The van der Waals surface area contributed by atoms with Gasteiger partial charge in [-0.2, -0.15) is 0 Å². The van der Waals surface area contributed by atoms with E-state index in [0.29, 0.717) is 13.0 Å². The van der Waals surface area contributed by atoms with Gasteiger partial charge in [-0.3, -0.25) is 4.79 Å². The van der Waals surface area contributed by atoms with E-state index in [2.05, 4.69) is 6.92 Å². The van der Waals surface area contributed by atoms with Gasteiger partial charge in [0.1, 0.15) is 0 Å². The first-order valence-electron chi connectivity index (χ1n) is 6.13. The molecule has 0 aliphatic carbocycles. The molecule has 96 valence electrons. The van der Waals surface area contributed by atoms with E-state index in [0.717, 1.165) is 25.7 Å². The van der Waals surface area contributed by atoms with E-state index < -0.39 is 18.2 Å². The Morgan fingerprint density at radius 1 is 1.12 bits per heavy atom. The zero-order chi connectivity index (χ0) is 12.4. The lowest BCUT2D eigenvalue weighted by Crippen LogP contribution is -2.28. The molecule has 0 aromatic heterocycles. The number of ether oxygens (including phenoxy) is 1. The number of esters is 1. The van der Waals surface area contributed by atoms with Crippen molar-refractivity contribution in [2.24, 2.45) is 0 Å². The molecule has 2 atom stereocenters. The molecule has 2 N–H and O–H groups in total. The molecule has 0 spiro atoms. The van der Waals surface area contributed by atoms with Crippen LogP contribution >= 0.6 is 0 Å². The van der Waals surface area contributed by atoms with Gasteiger partial charge < -0.3 is 14.9 Å². The molecule has 2 unspecified atom stereocenters. The average Bonchev–Trinajstić information content (AvgIpc) is 2.27. The molecule has 0 aliphatic heterocycles. The third-order valence-corrected chi connectivity index (χ3v) is 2.50. The normalized spacial score (nSPS) is 14.5. The van der Waals surface area contributed by atoms with Gasteiger partial charge in [0, 0.05) is 0 Å². The lowest BCUT2D eigenvalue weighted by Gasteiger charge is -2.15. The number of carbonyl (C=O) groups is 1. The highest BCUT2D eigenvalue weighted by Gasteiger charge is 2.18. The van der Waals surface area contributed by atoms with Crippen LogP contribution in [0.1, 0.15) is 52.4 Å². The number of unbranched alkanes of at least 4 members (excludes halogenated alkanes) is 3. The van der Waals surface area contributed by atoms with Crippen molar-refractivity contribution >= 4 is 5.97 Å². The average molecular weight is 232 g/mol. The van der Waals surface area contributed by atoms with E-state index in [-0.39, 0.29) is 6.42 Å². The first-order valence-corrected chi connectivity index (χ1v) is 6.13. The minimum absolute atomic E-state index is 0.122. The molecule has 0 fully saturated rings. The predicted molar refractivity (Wildman–Crippen MR) is 62.0 cm³/mol. The van der Waals surface area contributed by atoms with Crippen LogP contribution in [-0.4, -0.2) is 35.0 Å². The SMILES string of the molecule is CCCCCCOC(=O)CC(O)C(O)CC. The molecule has 0 aliphatic rings. The third-order valence-electron chi connectivity index (χ3n) is 2.50. The van der Waals surface area contributed by atoms with Crippen LogP contribution in [0.15, 0.2) is 0 Å². The second-order valence-corrected chi connectivity index (χ2v) is 4.03. The second kappa shape index (κ2) is 9.60. The monoisotopic (exact) mass is 232 g/mol. The Labute approximate surface area is 97.6 Å². The Balaban J connectivity index is 3.51. The minimum atomic E-state index is -1.01. The zero-order valence-electron chi connectivity index (χ0n) is 10.3. The van der Waals surface area contributed by atoms with Crippen LogP contribution in [0.5, 0.6) is 0 Å². The van der Waals surface area contributed by atoms with Crippen molar-refractivity contribution in [1.82, 2.24) is 0 Å². The summed E-state index contributed by atoms with van der Waals surface area (Å²) in [5.74, 6) is -0.434. The molecule has 0 aromatic carbocycles. The van der Waals surface area contributed by atoms with Gasteiger partial charge in [-0.05, 0) is 12.8 Å². The molecule has 0 saturated heterocycles. The summed E-state index contributed by atoms with van der Waals surface area (Å²) in [4.78, 5) is 11.2. The van der Waals surface area contributed by atoms with Crippen LogP contribution in [0.3, 0.4) is 0 Å². The van der Waals surface area contributed by atoms with E-state index in [1.807, 2.05) is 0 Å². The van der Waals surface area contributed by atoms with Crippen molar-refractivity contribution in [2.75, 3.05) is 6.61 Å². The number of carbonyl (C=O) groups excluding carboxylic acids is 1. The van der Waals surface area contributed by atoms with E-state index in [9.17, 15) is 15.0 Å². The molecular formula is C12H24O4. The number of hydrogen-bond acceptors (Lipinski definition) is 4. The van der Waals surface area contributed by atoms with Crippen molar-refractivity contribution in [3.05, 3.63) is 0 Å². The summed E-state index contributed by atoms with van der Waals surface area (Å²) >= 11 is 0. The van der Waals surface area contributed by atoms with Gasteiger partial charge in [-0.25, -0.2) is 0 Å². The summed E-state index contributed by atoms with van der Waals surface area (Å²) in [6.45, 7) is 4.28. The summed E-state index contributed by atoms with van der Waals surface area (Å²) in [7, 11) is 0.